The van der Waals surface area contributed by atoms with Crippen LogP contribution in [0.3, 0.4) is 0 Å². The van der Waals surface area contributed by atoms with Gasteiger partial charge in [-0.3, -0.25) is 0 Å². The topological polar surface area (TPSA) is 78.1 Å². The van der Waals surface area contributed by atoms with E-state index >= 15 is 0 Å². The molecule has 0 unspecified atom stereocenters. The van der Waals surface area contributed by atoms with Crippen LogP contribution in [0, 0.1) is 0 Å². The summed E-state index contributed by atoms with van der Waals surface area (Å²) in [6, 6.07) is 12.0. The number of rotatable bonds is 8. The van der Waals surface area contributed by atoms with E-state index in [9.17, 15) is 8.78 Å². The molecule has 0 bridgehead atoms. The van der Waals surface area contributed by atoms with Crippen LogP contribution in [0.4, 0.5) is 14.5 Å². The van der Waals surface area contributed by atoms with Crippen molar-refractivity contribution in [2.45, 2.75) is 20.1 Å². The largest absolute Gasteiger partial charge is 0.497 e. The van der Waals surface area contributed by atoms with E-state index in [-0.39, 0.29) is 24.0 Å². The summed E-state index contributed by atoms with van der Waals surface area (Å²) in [6.45, 7) is -0.837. The van der Waals surface area contributed by atoms with E-state index in [0.29, 0.717) is 23.6 Å². The highest BCUT2D eigenvalue weighted by Crippen LogP contribution is 2.33. The number of nitrogens with one attached hydrogen (secondary N) is 1. The van der Waals surface area contributed by atoms with Crippen molar-refractivity contribution in [3.05, 3.63) is 48.0 Å². The summed E-state index contributed by atoms with van der Waals surface area (Å²) in [5, 5.41) is 2.91. The zero-order valence-corrected chi connectivity index (χ0v) is 14.5. The van der Waals surface area contributed by atoms with Crippen molar-refractivity contribution in [1.29, 1.82) is 0 Å². The summed E-state index contributed by atoms with van der Waals surface area (Å²) >= 11 is 0. The second kappa shape index (κ2) is 9.45. The number of benzene rings is 2. The lowest BCUT2D eigenvalue weighted by Crippen LogP contribution is -2.22. The van der Waals surface area contributed by atoms with E-state index < -0.39 is 6.61 Å². The van der Waals surface area contributed by atoms with Gasteiger partial charge in [0.25, 0.3) is 0 Å². The predicted molar refractivity (Wildman–Crippen MR) is 96.2 cm³/mol. The van der Waals surface area contributed by atoms with E-state index in [1.54, 1.807) is 56.5 Å². The quantitative estimate of drug-likeness (QED) is 0.552. The van der Waals surface area contributed by atoms with Crippen LogP contribution in [0.1, 0.15) is 12.5 Å². The van der Waals surface area contributed by atoms with Crippen molar-refractivity contribution in [2.24, 2.45) is 10.7 Å². The van der Waals surface area contributed by atoms with Crippen LogP contribution in [0.25, 0.3) is 0 Å². The molecule has 0 aliphatic rings. The Morgan fingerprint density at radius 1 is 1.23 bits per heavy atom. The van der Waals surface area contributed by atoms with Gasteiger partial charge < -0.3 is 25.3 Å². The number of para-hydroxylation sites is 1. The molecular formula is C18H21F2N3O3. The van der Waals surface area contributed by atoms with Gasteiger partial charge in [0, 0.05) is 17.3 Å². The minimum atomic E-state index is -2.97. The summed E-state index contributed by atoms with van der Waals surface area (Å²) in [4.78, 5) is 4.18. The number of guanidine groups is 1. The standard InChI is InChI=1S/C18H21F2N3O3/c1-3-25-15-9-4-6-12(16(15)26-17(19)20)11-22-18(21)23-13-7-5-8-14(10-13)24-2/h4-10,17H,3,11H2,1-2H3,(H3,21,22,23). The molecule has 0 saturated carbocycles. The number of hydrogen-bond acceptors (Lipinski definition) is 4. The molecule has 0 aromatic heterocycles. The van der Waals surface area contributed by atoms with Gasteiger partial charge in [0.2, 0.25) is 0 Å². The molecule has 8 heteroatoms. The maximum Gasteiger partial charge on any atom is 0.387 e. The molecule has 2 aromatic carbocycles. The number of ether oxygens (including phenoxy) is 3. The second-order valence-electron chi connectivity index (χ2n) is 5.11. The number of hydrogen-bond donors (Lipinski definition) is 2. The molecule has 0 aliphatic heterocycles. The van der Waals surface area contributed by atoms with Crippen LogP contribution >= 0.6 is 0 Å². The number of anilines is 1. The van der Waals surface area contributed by atoms with E-state index in [1.807, 2.05) is 0 Å². The molecule has 0 saturated heterocycles. The Labute approximate surface area is 150 Å². The molecule has 0 fully saturated rings. The van der Waals surface area contributed by atoms with Crippen molar-refractivity contribution in [1.82, 2.24) is 0 Å². The lowest BCUT2D eigenvalue weighted by molar-refractivity contribution is -0.0520. The van der Waals surface area contributed by atoms with Crippen LogP contribution in [0.2, 0.25) is 0 Å². The fraction of sp³-hybridized carbons (Fsp3) is 0.278. The van der Waals surface area contributed by atoms with E-state index in [4.69, 9.17) is 15.2 Å². The monoisotopic (exact) mass is 365 g/mol. The molecule has 0 amide bonds. The summed E-state index contributed by atoms with van der Waals surface area (Å²) in [5.74, 6) is 0.991. The summed E-state index contributed by atoms with van der Waals surface area (Å²) in [6.07, 6.45) is 0. The number of nitrogens with two attached hydrogens (primary N) is 1. The lowest BCUT2D eigenvalue weighted by atomic mass is 10.2. The third-order valence-corrected chi connectivity index (χ3v) is 3.33. The molecule has 140 valence electrons. The SMILES string of the molecule is CCOc1cccc(CN=C(N)Nc2cccc(OC)c2)c1OC(F)F. The summed E-state index contributed by atoms with van der Waals surface area (Å²) < 4.78 is 40.5. The molecule has 0 radical (unpaired) electrons. The van der Waals surface area contributed by atoms with Crippen molar-refractivity contribution in [3.8, 4) is 17.2 Å². The third-order valence-electron chi connectivity index (χ3n) is 3.33. The van der Waals surface area contributed by atoms with Crippen molar-refractivity contribution < 1.29 is 23.0 Å². The zero-order chi connectivity index (χ0) is 18.9. The second-order valence-corrected chi connectivity index (χ2v) is 5.11. The first-order chi connectivity index (χ1) is 12.5. The Kier molecular flexibility index (Phi) is 7.02. The van der Waals surface area contributed by atoms with E-state index in [2.05, 4.69) is 15.0 Å². The van der Waals surface area contributed by atoms with Gasteiger partial charge >= 0.3 is 6.61 Å². The first kappa shape index (κ1) is 19.3. The van der Waals surface area contributed by atoms with Crippen LogP contribution in [0.15, 0.2) is 47.5 Å². The molecule has 0 atom stereocenters. The summed E-state index contributed by atoms with van der Waals surface area (Å²) in [7, 11) is 1.56. The maximum absolute atomic E-state index is 12.7. The molecule has 2 rings (SSSR count). The highest BCUT2D eigenvalue weighted by Gasteiger charge is 2.15. The van der Waals surface area contributed by atoms with Crippen LogP contribution in [-0.4, -0.2) is 26.3 Å². The van der Waals surface area contributed by atoms with Gasteiger partial charge in [-0.15, -0.1) is 0 Å². The third kappa shape index (κ3) is 5.51. The number of methoxy groups -OCH3 is 1. The van der Waals surface area contributed by atoms with E-state index in [1.165, 1.54) is 0 Å². The zero-order valence-electron chi connectivity index (χ0n) is 14.5. The highest BCUT2D eigenvalue weighted by atomic mass is 19.3. The predicted octanol–water partition coefficient (Wildman–Crippen LogP) is 3.62. The van der Waals surface area contributed by atoms with Gasteiger partial charge in [0.05, 0.1) is 20.3 Å². The Morgan fingerprint density at radius 2 is 2.00 bits per heavy atom. The van der Waals surface area contributed by atoms with Crippen LogP contribution < -0.4 is 25.3 Å². The fourth-order valence-corrected chi connectivity index (χ4v) is 2.24. The van der Waals surface area contributed by atoms with Gasteiger partial charge in [-0.2, -0.15) is 8.78 Å². The minimum Gasteiger partial charge on any atom is -0.497 e. The maximum atomic E-state index is 12.7. The Morgan fingerprint density at radius 3 is 2.69 bits per heavy atom. The average Bonchev–Trinajstić information content (AvgIpc) is 2.62. The molecule has 0 spiro atoms. The number of nitrogens with zero attached hydrogens (tertiary/aromatic N) is 1. The fourth-order valence-electron chi connectivity index (χ4n) is 2.24. The average molecular weight is 365 g/mol. The van der Waals surface area contributed by atoms with Crippen LogP contribution in [0.5, 0.6) is 17.2 Å². The lowest BCUT2D eigenvalue weighted by Gasteiger charge is -2.14. The molecule has 0 heterocycles. The normalized spacial score (nSPS) is 11.3. The number of halogens is 2. The highest BCUT2D eigenvalue weighted by molar-refractivity contribution is 5.92. The van der Waals surface area contributed by atoms with Gasteiger partial charge in [-0.25, -0.2) is 4.99 Å². The van der Waals surface area contributed by atoms with Crippen molar-refractivity contribution in [3.63, 3.8) is 0 Å². The molecule has 0 aliphatic carbocycles. The Hall–Kier alpha value is -3.03. The van der Waals surface area contributed by atoms with Gasteiger partial charge in [-0.1, -0.05) is 18.2 Å². The van der Waals surface area contributed by atoms with Gasteiger partial charge in [0.15, 0.2) is 17.5 Å². The van der Waals surface area contributed by atoms with Crippen LogP contribution in [-0.2, 0) is 6.54 Å². The number of alkyl halides is 2. The Bertz CT molecular complexity index is 754. The minimum absolute atomic E-state index is 0.0396. The first-order valence-corrected chi connectivity index (χ1v) is 7.94. The van der Waals surface area contributed by atoms with Crippen molar-refractivity contribution >= 4 is 11.6 Å². The van der Waals surface area contributed by atoms with Crippen molar-refractivity contribution in [2.75, 3.05) is 19.0 Å². The Balaban J connectivity index is 2.15. The van der Waals surface area contributed by atoms with Gasteiger partial charge in [-0.05, 0) is 25.1 Å². The molecular weight excluding hydrogens is 344 g/mol. The first-order valence-electron chi connectivity index (χ1n) is 7.94. The molecule has 26 heavy (non-hydrogen) atoms. The smallest absolute Gasteiger partial charge is 0.387 e. The molecule has 6 nitrogen and oxygen atoms in total. The summed E-state index contributed by atoms with van der Waals surface area (Å²) in [5.41, 5.74) is 7.00. The molecule has 3 N–H and O–H groups in total. The number of aliphatic imine (C=N–C) groups is 1. The van der Waals surface area contributed by atoms with Gasteiger partial charge in [0.1, 0.15) is 5.75 Å². The van der Waals surface area contributed by atoms with E-state index in [0.717, 1.165) is 0 Å². The molecule has 2 aromatic rings.